The van der Waals surface area contributed by atoms with Crippen LogP contribution in [0.3, 0.4) is 0 Å². The van der Waals surface area contributed by atoms with Crippen LogP contribution in [0.4, 0.5) is 0 Å². The minimum absolute atomic E-state index is 0.0237. The lowest BCUT2D eigenvalue weighted by atomic mass is 10.3. The van der Waals surface area contributed by atoms with Crippen LogP contribution in [0.25, 0.3) is 0 Å². The number of nitrogens with zero attached hydrogens (tertiary/aromatic N) is 2. The smallest absolute Gasteiger partial charge is 0.214 e. The van der Waals surface area contributed by atoms with Crippen LogP contribution in [0, 0.1) is 11.3 Å². The van der Waals surface area contributed by atoms with Crippen molar-refractivity contribution >= 4 is 0 Å². The molecule has 1 aromatic rings. The van der Waals surface area contributed by atoms with E-state index in [9.17, 15) is 0 Å². The predicted molar refractivity (Wildman–Crippen MR) is 37.2 cm³/mol. The molecule has 11 heavy (non-hydrogen) atoms. The van der Waals surface area contributed by atoms with Gasteiger partial charge in [-0.15, -0.1) is 0 Å². The van der Waals surface area contributed by atoms with E-state index in [1.54, 1.807) is 6.07 Å². The summed E-state index contributed by atoms with van der Waals surface area (Å²) in [5, 5.41) is 17.4. The lowest BCUT2D eigenvalue weighted by Gasteiger charge is -1.98. The van der Waals surface area contributed by atoms with Crippen molar-refractivity contribution in [3.05, 3.63) is 17.8 Å². The highest BCUT2D eigenvalue weighted by atomic mass is 16.5. The minimum Gasteiger partial charge on any atom is -0.505 e. The van der Waals surface area contributed by atoms with Gasteiger partial charge in [-0.3, -0.25) is 0 Å². The number of rotatable bonds is 1. The number of methoxy groups -OCH3 is 1. The average molecular weight is 150 g/mol. The number of aromatic nitrogens is 1. The van der Waals surface area contributed by atoms with Crippen LogP contribution in [-0.4, -0.2) is 17.2 Å². The third-order valence-corrected chi connectivity index (χ3v) is 1.16. The number of aromatic hydroxyl groups is 1. The molecular weight excluding hydrogens is 144 g/mol. The van der Waals surface area contributed by atoms with E-state index in [-0.39, 0.29) is 11.4 Å². The standard InChI is InChI=1S/C7H6N2O2/c1-11-7-3-2-6(10)5(4-8)9-7/h2-3,10H,1H3. The van der Waals surface area contributed by atoms with Gasteiger partial charge in [0.1, 0.15) is 6.07 Å². The van der Waals surface area contributed by atoms with Crippen molar-refractivity contribution in [2.75, 3.05) is 7.11 Å². The summed E-state index contributed by atoms with van der Waals surface area (Å²) in [6, 6.07) is 4.58. The van der Waals surface area contributed by atoms with E-state index in [0.29, 0.717) is 5.88 Å². The molecule has 56 valence electrons. The van der Waals surface area contributed by atoms with E-state index in [4.69, 9.17) is 15.1 Å². The fourth-order valence-corrected chi connectivity index (χ4v) is 0.630. The molecule has 0 fully saturated rings. The molecule has 0 saturated carbocycles. The highest BCUT2D eigenvalue weighted by Gasteiger charge is 2.02. The van der Waals surface area contributed by atoms with Crippen molar-refractivity contribution in [3.8, 4) is 17.7 Å². The minimum atomic E-state index is -0.131. The molecule has 0 radical (unpaired) electrons. The summed E-state index contributed by atoms with van der Waals surface area (Å²) in [5.41, 5.74) is -0.0237. The maximum absolute atomic E-state index is 8.99. The highest BCUT2D eigenvalue weighted by Crippen LogP contribution is 2.16. The van der Waals surface area contributed by atoms with Gasteiger partial charge in [-0.2, -0.15) is 10.2 Å². The Morgan fingerprint density at radius 2 is 2.36 bits per heavy atom. The molecule has 1 heterocycles. The first-order valence-corrected chi connectivity index (χ1v) is 2.92. The molecule has 4 heteroatoms. The monoisotopic (exact) mass is 150 g/mol. The lowest BCUT2D eigenvalue weighted by molar-refractivity contribution is 0.393. The summed E-state index contributed by atoms with van der Waals surface area (Å²) >= 11 is 0. The molecule has 4 nitrogen and oxygen atoms in total. The first kappa shape index (κ1) is 7.35. The van der Waals surface area contributed by atoms with Crippen LogP contribution >= 0.6 is 0 Å². The number of pyridine rings is 1. The molecule has 0 aliphatic heterocycles. The van der Waals surface area contributed by atoms with Gasteiger partial charge in [-0.05, 0) is 6.07 Å². The number of nitriles is 1. The number of ether oxygens (including phenoxy) is 1. The summed E-state index contributed by atoms with van der Waals surface area (Å²) in [5.74, 6) is 0.188. The van der Waals surface area contributed by atoms with Crippen LogP contribution in [0.15, 0.2) is 12.1 Å². The van der Waals surface area contributed by atoms with Crippen molar-refractivity contribution in [2.45, 2.75) is 0 Å². The SMILES string of the molecule is COc1ccc(O)c(C#N)n1. The third kappa shape index (κ3) is 1.38. The maximum Gasteiger partial charge on any atom is 0.214 e. The quantitative estimate of drug-likeness (QED) is 0.638. The second-order valence-corrected chi connectivity index (χ2v) is 1.83. The fraction of sp³-hybridized carbons (Fsp3) is 0.143. The molecule has 1 N–H and O–H groups in total. The Hall–Kier alpha value is -1.76. The van der Waals surface area contributed by atoms with Gasteiger partial charge in [0.25, 0.3) is 0 Å². The summed E-state index contributed by atoms with van der Waals surface area (Å²) < 4.78 is 4.74. The summed E-state index contributed by atoms with van der Waals surface area (Å²) in [7, 11) is 1.44. The van der Waals surface area contributed by atoms with Crippen LogP contribution in [0.2, 0.25) is 0 Å². The van der Waals surface area contributed by atoms with Crippen molar-refractivity contribution in [1.29, 1.82) is 5.26 Å². The highest BCUT2D eigenvalue weighted by molar-refractivity contribution is 5.38. The zero-order chi connectivity index (χ0) is 8.27. The molecule has 1 aromatic heterocycles. The first-order chi connectivity index (χ1) is 5.27. The maximum atomic E-state index is 8.99. The Kier molecular flexibility index (Phi) is 1.93. The Morgan fingerprint density at radius 3 is 2.91 bits per heavy atom. The number of hydrogen-bond acceptors (Lipinski definition) is 4. The van der Waals surface area contributed by atoms with Crippen LogP contribution < -0.4 is 4.74 Å². The second kappa shape index (κ2) is 2.88. The van der Waals surface area contributed by atoms with Gasteiger partial charge in [0, 0.05) is 6.07 Å². The zero-order valence-electron chi connectivity index (χ0n) is 5.90. The van der Waals surface area contributed by atoms with Gasteiger partial charge in [0.05, 0.1) is 7.11 Å². The molecule has 0 amide bonds. The Labute approximate surface area is 63.7 Å². The van der Waals surface area contributed by atoms with Crippen molar-refractivity contribution in [3.63, 3.8) is 0 Å². The van der Waals surface area contributed by atoms with Gasteiger partial charge >= 0.3 is 0 Å². The van der Waals surface area contributed by atoms with Crippen molar-refractivity contribution < 1.29 is 9.84 Å². The van der Waals surface area contributed by atoms with E-state index in [1.165, 1.54) is 19.2 Å². The molecule has 0 saturated heterocycles. The zero-order valence-corrected chi connectivity index (χ0v) is 5.90. The molecule has 0 unspecified atom stereocenters. The fourth-order valence-electron chi connectivity index (χ4n) is 0.630. The van der Waals surface area contributed by atoms with Crippen molar-refractivity contribution in [1.82, 2.24) is 4.98 Å². The Morgan fingerprint density at radius 1 is 1.64 bits per heavy atom. The molecule has 0 bridgehead atoms. The van der Waals surface area contributed by atoms with E-state index in [0.717, 1.165) is 0 Å². The molecule has 0 aliphatic rings. The normalized spacial score (nSPS) is 8.73. The molecule has 0 spiro atoms. The van der Waals surface area contributed by atoms with Gasteiger partial charge < -0.3 is 9.84 Å². The lowest BCUT2D eigenvalue weighted by Crippen LogP contribution is -1.89. The van der Waals surface area contributed by atoms with E-state index in [1.807, 2.05) is 0 Å². The summed E-state index contributed by atoms with van der Waals surface area (Å²) in [4.78, 5) is 3.68. The van der Waals surface area contributed by atoms with Gasteiger partial charge in [-0.1, -0.05) is 0 Å². The van der Waals surface area contributed by atoms with E-state index in [2.05, 4.69) is 4.98 Å². The van der Waals surface area contributed by atoms with Gasteiger partial charge in [-0.25, -0.2) is 0 Å². The molecule has 1 rings (SSSR count). The van der Waals surface area contributed by atoms with Crippen LogP contribution in [0.5, 0.6) is 11.6 Å². The summed E-state index contributed by atoms with van der Waals surface area (Å²) in [6.07, 6.45) is 0. The molecule has 0 aromatic carbocycles. The summed E-state index contributed by atoms with van der Waals surface area (Å²) in [6.45, 7) is 0. The molecule has 0 atom stereocenters. The van der Waals surface area contributed by atoms with Gasteiger partial charge in [0.2, 0.25) is 5.88 Å². The molecule has 0 aliphatic carbocycles. The first-order valence-electron chi connectivity index (χ1n) is 2.92. The van der Waals surface area contributed by atoms with Crippen LogP contribution in [0.1, 0.15) is 5.69 Å². The second-order valence-electron chi connectivity index (χ2n) is 1.83. The molecular formula is C7H6N2O2. The third-order valence-electron chi connectivity index (χ3n) is 1.16. The van der Waals surface area contributed by atoms with E-state index < -0.39 is 0 Å². The number of hydrogen-bond donors (Lipinski definition) is 1. The average Bonchev–Trinajstić information content (AvgIpc) is 2.05. The van der Waals surface area contributed by atoms with Crippen molar-refractivity contribution in [2.24, 2.45) is 0 Å². The van der Waals surface area contributed by atoms with E-state index >= 15 is 0 Å². The Balaban J connectivity index is 3.15. The Bertz CT molecular complexity index is 304. The van der Waals surface area contributed by atoms with Gasteiger partial charge in [0.15, 0.2) is 11.4 Å². The predicted octanol–water partition coefficient (Wildman–Crippen LogP) is 0.667. The largest absolute Gasteiger partial charge is 0.505 e. The van der Waals surface area contributed by atoms with Crippen LogP contribution in [-0.2, 0) is 0 Å². The topological polar surface area (TPSA) is 66.1 Å².